The molecule has 24 aromatic rings. The molecule has 19 aromatic carbocycles. The summed E-state index contributed by atoms with van der Waals surface area (Å²) in [7, 11) is 0. The summed E-state index contributed by atoms with van der Waals surface area (Å²) in [6.07, 6.45) is 0. The fourth-order valence-electron chi connectivity index (χ4n) is 19.7. The second-order valence-corrected chi connectivity index (χ2v) is 31.3. The van der Waals surface area contributed by atoms with Crippen LogP contribution in [0, 0.1) is 0 Å². The van der Waals surface area contributed by atoms with Gasteiger partial charge in [-0.1, -0.05) is 303 Å². The van der Waals surface area contributed by atoms with Gasteiger partial charge >= 0.3 is 0 Å². The van der Waals surface area contributed by atoms with Gasteiger partial charge in [-0.05, 0) is 188 Å². The number of furan rings is 2. The highest BCUT2D eigenvalue weighted by molar-refractivity contribution is 7.00. The summed E-state index contributed by atoms with van der Waals surface area (Å²) in [4.78, 5) is 4.79. The van der Waals surface area contributed by atoms with Crippen LogP contribution >= 0.6 is 0 Å². The predicted molar refractivity (Wildman–Crippen MR) is 511 cm³/mol. The van der Waals surface area contributed by atoms with Crippen LogP contribution in [0.15, 0.2) is 433 Å². The van der Waals surface area contributed by atoms with Crippen molar-refractivity contribution in [1.82, 2.24) is 13.7 Å². The van der Waals surface area contributed by atoms with Gasteiger partial charge in [-0.3, -0.25) is 0 Å². The highest BCUT2D eigenvalue weighted by Crippen LogP contribution is 2.56. The zero-order chi connectivity index (χ0) is 92.8. The Balaban J connectivity index is 0.827. The molecule has 566 valence electrons. The molecular weight excluding hydrogens is 1480 g/mol. The molecule has 0 atom stereocenters. The maximum atomic E-state index is 10.9. The van der Waals surface area contributed by atoms with Gasteiger partial charge in [0.25, 0.3) is 6.71 Å². The quantitative estimate of drug-likeness (QED) is 0.121. The Morgan fingerprint density at radius 2 is 0.664 bits per heavy atom. The molecule has 0 unspecified atom stereocenters. The number of benzene rings is 19. The normalized spacial score (nSPS) is 14.3. The van der Waals surface area contributed by atoms with Gasteiger partial charge in [0.1, 0.15) is 22.3 Å². The standard InChI is InChI=1S/C114H70BN5O2/c1-4-26-71(27-5-1)74-48-52-76(53-49-74)83-59-64-108-110(90-38-16-24-46-106(90)121-108)113(83)119-102-62-56-78(82-32-10-18-40-95(82)118-99-44-22-13-35-87(99)88-36-14-23-45-100(88)118)66-94(102)115-93-61-57-81(117-98-43-21-15-37-89(98)92-69-80(58-63-101(92)117)116-96-41-19-11-33-85(96)86-34-12-20-42-97(86)116)70-103(93)120(105-68-79(67-104(119)112(105)115)73-30-8-3-9-31-73)114-84(60-65-109-111(114)91-39-17-25-47-107(91)122-109)77-54-50-75(51-55-77)72-28-6-2-7-29-72/h1-70H/i11D,12D,15D,19D,20D,21D,33D,34D,37D,41D,42D,43D,58D,63D,69D. The van der Waals surface area contributed by atoms with Crippen molar-refractivity contribution >= 4 is 167 Å². The van der Waals surface area contributed by atoms with Crippen molar-refractivity contribution in [3.8, 4) is 83.8 Å². The average molecular weight is 1570 g/mol. The molecule has 0 saturated carbocycles. The minimum atomic E-state index is -0.745. The number of aromatic nitrogens is 3. The van der Waals surface area contributed by atoms with Crippen LogP contribution < -0.4 is 26.2 Å². The van der Waals surface area contributed by atoms with Crippen LogP contribution in [0.5, 0.6) is 0 Å². The van der Waals surface area contributed by atoms with Crippen LogP contribution in [-0.4, -0.2) is 20.4 Å². The van der Waals surface area contributed by atoms with Crippen LogP contribution in [0.1, 0.15) is 20.6 Å². The Bertz CT molecular complexity index is 9320. The summed E-state index contributed by atoms with van der Waals surface area (Å²) in [6, 6.07) is 106. The van der Waals surface area contributed by atoms with E-state index in [1.165, 1.54) is 4.57 Å². The molecule has 0 saturated heterocycles. The molecule has 7 nitrogen and oxygen atoms in total. The van der Waals surface area contributed by atoms with Gasteiger partial charge in [0, 0.05) is 93.9 Å². The lowest BCUT2D eigenvalue weighted by Gasteiger charge is -2.45. The lowest BCUT2D eigenvalue weighted by atomic mass is 9.33. The topological polar surface area (TPSA) is 47.6 Å². The van der Waals surface area contributed by atoms with Crippen molar-refractivity contribution in [2.24, 2.45) is 0 Å². The number of anilines is 6. The third-order valence-corrected chi connectivity index (χ3v) is 24.9. The van der Waals surface area contributed by atoms with Gasteiger partial charge in [-0.15, -0.1) is 0 Å². The van der Waals surface area contributed by atoms with Gasteiger partial charge in [0.05, 0.1) is 81.5 Å². The minimum absolute atomic E-state index is 0.175. The zero-order valence-corrected chi connectivity index (χ0v) is 64.9. The highest BCUT2D eigenvalue weighted by atomic mass is 16.3. The molecule has 8 heteroatoms. The van der Waals surface area contributed by atoms with Crippen LogP contribution in [0.3, 0.4) is 0 Å². The molecule has 2 aliphatic heterocycles. The van der Waals surface area contributed by atoms with Crippen molar-refractivity contribution in [2.45, 2.75) is 0 Å². The number of fused-ring (bicyclic) bond motifs is 19. The van der Waals surface area contributed by atoms with E-state index in [0.717, 1.165) is 160 Å². The van der Waals surface area contributed by atoms with E-state index in [2.05, 4.69) is 257 Å². The van der Waals surface area contributed by atoms with Gasteiger partial charge < -0.3 is 32.3 Å². The Kier molecular flexibility index (Phi) is 12.0. The van der Waals surface area contributed by atoms with E-state index >= 15 is 0 Å². The Morgan fingerprint density at radius 3 is 1.22 bits per heavy atom. The summed E-state index contributed by atoms with van der Waals surface area (Å²) < 4.78 is 165. The molecule has 0 bridgehead atoms. The summed E-state index contributed by atoms with van der Waals surface area (Å²) in [6.45, 7) is -0.738. The van der Waals surface area contributed by atoms with Crippen LogP contribution in [0.2, 0.25) is 0 Å². The molecule has 26 rings (SSSR count). The molecule has 0 fully saturated rings. The number of rotatable bonds is 11. The number of para-hydroxylation sites is 8. The van der Waals surface area contributed by atoms with Crippen molar-refractivity contribution < 1.29 is 29.4 Å². The average Bonchev–Trinajstić information content (AvgIpc) is 1.58. The van der Waals surface area contributed by atoms with Gasteiger partial charge in [-0.25, -0.2) is 0 Å². The second-order valence-electron chi connectivity index (χ2n) is 31.3. The van der Waals surface area contributed by atoms with E-state index in [1.807, 2.05) is 91.0 Å². The second kappa shape index (κ2) is 26.7. The third-order valence-electron chi connectivity index (χ3n) is 24.9. The Hall–Kier alpha value is -16.2. The van der Waals surface area contributed by atoms with E-state index in [4.69, 9.17) is 14.3 Å². The van der Waals surface area contributed by atoms with E-state index < -0.39 is 114 Å². The molecule has 0 aliphatic carbocycles. The fourth-order valence-corrected chi connectivity index (χ4v) is 19.7. The predicted octanol–water partition coefficient (Wildman–Crippen LogP) is 28.9. The summed E-state index contributed by atoms with van der Waals surface area (Å²) >= 11 is 0. The third kappa shape index (κ3) is 10.2. The molecule has 7 heterocycles. The first-order chi connectivity index (χ1) is 66.8. The monoisotopic (exact) mass is 1570 g/mol. The minimum Gasteiger partial charge on any atom is -0.456 e. The lowest BCUT2D eigenvalue weighted by molar-refractivity contribution is 0.668. The maximum Gasteiger partial charge on any atom is 0.252 e. The molecule has 2 aliphatic rings. The number of nitrogens with zero attached hydrogens (tertiary/aromatic N) is 5. The van der Waals surface area contributed by atoms with Crippen LogP contribution in [0.4, 0.5) is 34.1 Å². The first-order valence-electron chi connectivity index (χ1n) is 48.3. The van der Waals surface area contributed by atoms with Crippen molar-refractivity contribution in [3.05, 3.63) is 424 Å². The van der Waals surface area contributed by atoms with Crippen LogP contribution in [0.25, 0.3) is 193 Å². The SMILES string of the molecule is [2H]c1c([2H])c([2H])c2c(c1[2H])c1c([2H])c(-n3c4c([2H])c([2H])c([2H])c([2H])c4c4c([2H])c([2H])c([2H])c([2H])c43)c([2H])c([2H])c1n2-c1ccc2c(c1)N(c1c(-c3ccc(-c4ccccc4)cc3)ccc3oc4ccccc4c13)c1cc(-c3ccccc3)cc3c1B2c1cc(-c2ccccc2-n2c4ccccc4c4ccccc42)ccc1N3c1c(-c2ccc(-c3ccccc3)cc2)ccc2oc3ccccc3c12. The molecule has 5 aromatic heterocycles. The highest BCUT2D eigenvalue weighted by Gasteiger charge is 2.46. The van der Waals surface area contributed by atoms with Gasteiger partial charge in [-0.2, -0.15) is 0 Å². The smallest absolute Gasteiger partial charge is 0.252 e. The van der Waals surface area contributed by atoms with E-state index in [-0.39, 0.29) is 38.3 Å². The maximum absolute atomic E-state index is 10.9. The van der Waals surface area contributed by atoms with Crippen molar-refractivity contribution in [3.63, 3.8) is 0 Å². The summed E-state index contributed by atoms with van der Waals surface area (Å²) in [5, 5.41) is 4.37. The summed E-state index contributed by atoms with van der Waals surface area (Å²) in [5.74, 6) is 0. The zero-order valence-electron chi connectivity index (χ0n) is 79.9. The van der Waals surface area contributed by atoms with Gasteiger partial charge in [0.15, 0.2) is 0 Å². The lowest BCUT2D eigenvalue weighted by Crippen LogP contribution is -2.61. The number of hydrogen-bond acceptors (Lipinski definition) is 4. The molecule has 122 heavy (non-hydrogen) atoms. The molecule has 0 spiro atoms. The van der Waals surface area contributed by atoms with Crippen LogP contribution in [-0.2, 0) is 0 Å². The molecule has 0 N–H and O–H groups in total. The van der Waals surface area contributed by atoms with Crippen molar-refractivity contribution in [2.75, 3.05) is 9.80 Å². The molecular formula is C114H70BN5O2. The Morgan fingerprint density at radius 1 is 0.230 bits per heavy atom. The first kappa shape index (κ1) is 54.7. The largest absolute Gasteiger partial charge is 0.456 e. The Labute approximate surface area is 723 Å². The van der Waals surface area contributed by atoms with E-state index in [0.29, 0.717) is 33.7 Å². The van der Waals surface area contributed by atoms with Crippen molar-refractivity contribution in [1.29, 1.82) is 0 Å². The fraction of sp³-hybridized carbons (Fsp3) is 0. The molecule has 0 amide bonds. The van der Waals surface area contributed by atoms with Gasteiger partial charge in [0.2, 0.25) is 0 Å². The summed E-state index contributed by atoms with van der Waals surface area (Å²) in [5.41, 5.74) is 22.2. The van der Waals surface area contributed by atoms with E-state index in [9.17, 15) is 15.1 Å². The number of hydrogen-bond donors (Lipinski definition) is 0. The van der Waals surface area contributed by atoms with E-state index in [1.54, 1.807) is 0 Å². The first-order valence-corrected chi connectivity index (χ1v) is 40.8. The molecule has 0 radical (unpaired) electrons.